The SMILES string of the molecule is O=C(CN1C(=O)NC2(CCc3ccccc32)C1=O)Nc1ccnn1Cc1ccc(Cl)cc1. The van der Waals surface area contributed by atoms with Crippen LogP contribution in [-0.2, 0) is 28.1 Å². The van der Waals surface area contributed by atoms with Crippen molar-refractivity contribution >= 4 is 35.3 Å². The monoisotopic (exact) mass is 449 g/mol. The van der Waals surface area contributed by atoms with Gasteiger partial charge < -0.3 is 10.6 Å². The maximum absolute atomic E-state index is 13.2. The number of urea groups is 1. The number of hydrogen-bond acceptors (Lipinski definition) is 4. The van der Waals surface area contributed by atoms with E-state index in [1.807, 2.05) is 36.4 Å². The number of benzene rings is 2. The molecule has 1 saturated heterocycles. The van der Waals surface area contributed by atoms with E-state index in [9.17, 15) is 14.4 Å². The lowest BCUT2D eigenvalue weighted by Crippen LogP contribution is -2.43. The smallest absolute Gasteiger partial charge is 0.319 e. The molecule has 1 fully saturated rings. The highest BCUT2D eigenvalue weighted by molar-refractivity contribution is 6.30. The van der Waals surface area contributed by atoms with Crippen LogP contribution < -0.4 is 10.6 Å². The molecule has 8 nitrogen and oxygen atoms in total. The summed E-state index contributed by atoms with van der Waals surface area (Å²) < 4.78 is 1.63. The summed E-state index contributed by atoms with van der Waals surface area (Å²) in [5, 5.41) is 10.5. The van der Waals surface area contributed by atoms with E-state index in [1.54, 1.807) is 29.1 Å². The van der Waals surface area contributed by atoms with Crippen molar-refractivity contribution in [3.8, 4) is 0 Å². The number of aryl methyl sites for hydroxylation is 1. The molecule has 9 heteroatoms. The number of carbonyl (C=O) groups excluding carboxylic acids is 3. The molecule has 1 aromatic heterocycles. The first kappa shape index (κ1) is 20.3. The minimum Gasteiger partial charge on any atom is -0.319 e. The number of imide groups is 1. The van der Waals surface area contributed by atoms with Crippen LogP contribution >= 0.6 is 11.6 Å². The fourth-order valence-corrected chi connectivity index (χ4v) is 4.51. The first-order valence-corrected chi connectivity index (χ1v) is 10.6. The number of aromatic nitrogens is 2. The number of fused-ring (bicyclic) bond motifs is 2. The third-order valence-corrected chi connectivity index (χ3v) is 6.21. The van der Waals surface area contributed by atoms with Crippen molar-refractivity contribution in [3.05, 3.63) is 82.5 Å². The highest BCUT2D eigenvalue weighted by Crippen LogP contribution is 2.41. The van der Waals surface area contributed by atoms with Crippen molar-refractivity contribution in [1.82, 2.24) is 20.0 Å². The second-order valence-electron chi connectivity index (χ2n) is 7.93. The van der Waals surface area contributed by atoms with Crippen molar-refractivity contribution < 1.29 is 14.4 Å². The summed E-state index contributed by atoms with van der Waals surface area (Å²) in [5.74, 6) is -0.398. The Balaban J connectivity index is 1.29. The first-order valence-electron chi connectivity index (χ1n) is 10.2. The molecule has 5 rings (SSSR count). The Hall–Kier alpha value is -3.65. The van der Waals surface area contributed by atoms with Crippen LogP contribution in [0.15, 0.2) is 60.8 Å². The molecule has 1 spiro atoms. The van der Waals surface area contributed by atoms with Gasteiger partial charge in [-0.15, -0.1) is 0 Å². The number of nitrogens with one attached hydrogen (secondary N) is 2. The average Bonchev–Trinajstić information content (AvgIpc) is 3.44. The molecule has 32 heavy (non-hydrogen) atoms. The predicted octanol–water partition coefficient (Wildman–Crippen LogP) is 2.92. The van der Waals surface area contributed by atoms with E-state index in [0.717, 1.165) is 21.6 Å². The van der Waals surface area contributed by atoms with E-state index in [1.165, 1.54) is 0 Å². The molecular weight excluding hydrogens is 430 g/mol. The van der Waals surface area contributed by atoms with E-state index in [4.69, 9.17) is 11.6 Å². The number of hydrogen-bond donors (Lipinski definition) is 2. The van der Waals surface area contributed by atoms with Crippen LogP contribution in [0.25, 0.3) is 0 Å². The van der Waals surface area contributed by atoms with Crippen molar-refractivity contribution in [1.29, 1.82) is 0 Å². The topological polar surface area (TPSA) is 96.3 Å². The maximum Gasteiger partial charge on any atom is 0.325 e. The zero-order valence-electron chi connectivity index (χ0n) is 17.0. The molecule has 162 valence electrons. The number of halogens is 1. The highest BCUT2D eigenvalue weighted by atomic mass is 35.5. The summed E-state index contributed by atoms with van der Waals surface area (Å²) in [6.45, 7) is 0.0590. The summed E-state index contributed by atoms with van der Waals surface area (Å²) in [6, 6.07) is 16.0. The zero-order valence-corrected chi connectivity index (χ0v) is 17.8. The molecule has 4 amide bonds. The third-order valence-electron chi connectivity index (χ3n) is 5.95. The molecule has 0 saturated carbocycles. The van der Waals surface area contributed by atoms with Gasteiger partial charge in [0, 0.05) is 11.1 Å². The Morgan fingerprint density at radius 1 is 1.12 bits per heavy atom. The van der Waals surface area contributed by atoms with E-state index < -0.39 is 23.4 Å². The van der Waals surface area contributed by atoms with Crippen LogP contribution in [-0.4, -0.2) is 39.1 Å². The van der Waals surface area contributed by atoms with Gasteiger partial charge in [-0.1, -0.05) is 48.0 Å². The molecule has 1 aliphatic carbocycles. The Morgan fingerprint density at radius 3 is 2.72 bits per heavy atom. The molecule has 1 atom stereocenters. The van der Waals surface area contributed by atoms with Crippen LogP contribution in [0.2, 0.25) is 5.02 Å². The minimum absolute atomic E-state index is 0.374. The lowest BCUT2D eigenvalue weighted by molar-refractivity contribution is -0.134. The van der Waals surface area contributed by atoms with Crippen molar-refractivity contribution in [2.45, 2.75) is 24.9 Å². The van der Waals surface area contributed by atoms with Gasteiger partial charge in [0.05, 0.1) is 12.7 Å². The Morgan fingerprint density at radius 2 is 1.91 bits per heavy atom. The van der Waals surface area contributed by atoms with Crippen molar-refractivity contribution in [2.24, 2.45) is 0 Å². The van der Waals surface area contributed by atoms with E-state index >= 15 is 0 Å². The van der Waals surface area contributed by atoms with Gasteiger partial charge >= 0.3 is 6.03 Å². The Labute approximate surface area is 189 Å². The Bertz CT molecular complexity index is 1220. The molecule has 2 aliphatic rings. The van der Waals surface area contributed by atoms with E-state index in [2.05, 4.69) is 15.7 Å². The van der Waals surface area contributed by atoms with Crippen LogP contribution in [0.5, 0.6) is 0 Å². The van der Waals surface area contributed by atoms with Gasteiger partial charge in [0.1, 0.15) is 17.9 Å². The lowest BCUT2D eigenvalue weighted by atomic mass is 9.92. The van der Waals surface area contributed by atoms with Crippen LogP contribution in [0.1, 0.15) is 23.1 Å². The standard InChI is InChI=1S/C23H20ClN5O3/c24-17-7-5-15(6-8-17)13-29-19(10-12-25-29)26-20(30)14-28-21(31)23(27-22(28)32)11-9-16-3-1-2-4-18(16)23/h1-8,10,12H,9,11,13-14H2,(H,26,30)(H,27,32). The first-order chi connectivity index (χ1) is 15.5. The molecule has 0 radical (unpaired) electrons. The average molecular weight is 450 g/mol. The zero-order chi connectivity index (χ0) is 22.3. The summed E-state index contributed by atoms with van der Waals surface area (Å²) in [7, 11) is 0. The summed E-state index contributed by atoms with van der Waals surface area (Å²) >= 11 is 5.93. The highest BCUT2D eigenvalue weighted by Gasteiger charge is 2.55. The largest absolute Gasteiger partial charge is 0.325 e. The normalized spacial score (nSPS) is 19.3. The molecule has 3 aromatic rings. The van der Waals surface area contributed by atoms with Crippen LogP contribution in [0, 0.1) is 0 Å². The summed E-state index contributed by atoms with van der Waals surface area (Å²) in [6.07, 6.45) is 2.76. The van der Waals surface area contributed by atoms with Crippen molar-refractivity contribution in [2.75, 3.05) is 11.9 Å². The molecule has 2 N–H and O–H groups in total. The Kier molecular flexibility index (Phi) is 4.94. The molecule has 1 aliphatic heterocycles. The van der Waals surface area contributed by atoms with Gasteiger partial charge in [-0.25, -0.2) is 9.48 Å². The molecule has 0 bridgehead atoms. The van der Waals surface area contributed by atoms with Gasteiger partial charge in [0.15, 0.2) is 0 Å². The second kappa shape index (κ2) is 7.80. The number of rotatable bonds is 5. The number of nitrogens with zero attached hydrogens (tertiary/aromatic N) is 3. The maximum atomic E-state index is 13.2. The van der Waals surface area contributed by atoms with Crippen LogP contribution in [0.4, 0.5) is 10.6 Å². The van der Waals surface area contributed by atoms with Crippen LogP contribution in [0.3, 0.4) is 0 Å². The number of carbonyl (C=O) groups is 3. The van der Waals surface area contributed by atoms with E-state index in [-0.39, 0.29) is 6.54 Å². The predicted molar refractivity (Wildman–Crippen MR) is 118 cm³/mol. The number of amides is 4. The summed E-state index contributed by atoms with van der Waals surface area (Å²) in [4.78, 5) is 39.5. The van der Waals surface area contributed by atoms with Gasteiger partial charge in [0.2, 0.25) is 5.91 Å². The van der Waals surface area contributed by atoms with Gasteiger partial charge in [-0.3, -0.25) is 14.5 Å². The molecule has 1 unspecified atom stereocenters. The summed E-state index contributed by atoms with van der Waals surface area (Å²) in [5.41, 5.74) is 1.73. The minimum atomic E-state index is -1.08. The van der Waals surface area contributed by atoms with E-state index in [0.29, 0.717) is 30.2 Å². The van der Waals surface area contributed by atoms with Gasteiger partial charge in [-0.05, 0) is 41.7 Å². The lowest BCUT2D eigenvalue weighted by Gasteiger charge is -2.22. The fraction of sp³-hybridized carbons (Fsp3) is 0.217. The second-order valence-corrected chi connectivity index (χ2v) is 8.37. The quantitative estimate of drug-likeness (QED) is 0.585. The number of anilines is 1. The van der Waals surface area contributed by atoms with Gasteiger partial charge in [0.25, 0.3) is 5.91 Å². The fourth-order valence-electron chi connectivity index (χ4n) is 4.39. The molecular formula is C23H20ClN5O3. The molecule has 2 aromatic carbocycles. The van der Waals surface area contributed by atoms with Crippen molar-refractivity contribution in [3.63, 3.8) is 0 Å². The molecule has 2 heterocycles. The van der Waals surface area contributed by atoms with Gasteiger partial charge in [-0.2, -0.15) is 5.10 Å². The third kappa shape index (κ3) is 3.42.